The van der Waals surface area contributed by atoms with Crippen LogP contribution < -0.4 is 5.32 Å². The molecule has 160 valence electrons. The van der Waals surface area contributed by atoms with E-state index in [-0.39, 0.29) is 5.28 Å². The van der Waals surface area contributed by atoms with Crippen molar-refractivity contribution < 1.29 is 4.74 Å². The fourth-order valence-electron chi connectivity index (χ4n) is 3.15. The molecular weight excluding hydrogens is 426 g/mol. The van der Waals surface area contributed by atoms with E-state index in [2.05, 4.69) is 52.2 Å². The highest BCUT2D eigenvalue weighted by molar-refractivity contribution is 6.76. The maximum atomic E-state index is 6.09. The molecular formula is C23H26ClN5OSi. The maximum absolute atomic E-state index is 6.09. The average molecular weight is 452 g/mol. The van der Waals surface area contributed by atoms with Crippen molar-refractivity contribution in [2.24, 2.45) is 0 Å². The van der Waals surface area contributed by atoms with Gasteiger partial charge in [-0.15, -0.1) is 0 Å². The Balaban J connectivity index is 1.42. The van der Waals surface area contributed by atoms with E-state index < -0.39 is 8.07 Å². The van der Waals surface area contributed by atoms with Crippen LogP contribution in [0.25, 0.3) is 22.0 Å². The van der Waals surface area contributed by atoms with E-state index >= 15 is 0 Å². The number of nitrogens with one attached hydrogen (secondary N) is 1. The zero-order valence-corrected chi connectivity index (χ0v) is 19.7. The fraction of sp³-hybridized carbons (Fsp3) is 0.261. The summed E-state index contributed by atoms with van der Waals surface area (Å²) in [5.74, 6) is 0.687. The Morgan fingerprint density at radius 2 is 1.77 bits per heavy atom. The molecule has 0 aliphatic rings. The number of halogens is 1. The van der Waals surface area contributed by atoms with Crippen LogP contribution in [0.3, 0.4) is 0 Å². The van der Waals surface area contributed by atoms with Crippen molar-refractivity contribution in [3.8, 4) is 11.1 Å². The SMILES string of the molecule is C[Si](C)(C)CCOCn1cc(-c2ccc(Nc3nc(Cl)nc4ccccc34)cc2)cn1. The highest BCUT2D eigenvalue weighted by Crippen LogP contribution is 2.27. The van der Waals surface area contributed by atoms with Gasteiger partial charge in [0.15, 0.2) is 0 Å². The first-order valence-electron chi connectivity index (χ1n) is 10.3. The molecule has 0 radical (unpaired) electrons. The minimum Gasteiger partial charge on any atom is -0.360 e. The molecule has 31 heavy (non-hydrogen) atoms. The third-order valence-electron chi connectivity index (χ3n) is 4.91. The van der Waals surface area contributed by atoms with Gasteiger partial charge in [-0.25, -0.2) is 9.67 Å². The van der Waals surface area contributed by atoms with Gasteiger partial charge in [0, 0.05) is 37.5 Å². The number of rotatable bonds is 8. The monoisotopic (exact) mass is 451 g/mol. The van der Waals surface area contributed by atoms with E-state index in [4.69, 9.17) is 16.3 Å². The molecule has 2 aromatic heterocycles. The number of benzene rings is 2. The molecule has 6 nitrogen and oxygen atoms in total. The van der Waals surface area contributed by atoms with Crippen molar-refractivity contribution in [1.29, 1.82) is 0 Å². The van der Waals surface area contributed by atoms with Crippen molar-refractivity contribution in [1.82, 2.24) is 19.7 Å². The smallest absolute Gasteiger partial charge is 0.224 e. The van der Waals surface area contributed by atoms with Gasteiger partial charge in [0.2, 0.25) is 5.28 Å². The van der Waals surface area contributed by atoms with Crippen LogP contribution in [0.1, 0.15) is 0 Å². The van der Waals surface area contributed by atoms with E-state index in [0.717, 1.165) is 40.4 Å². The first-order valence-corrected chi connectivity index (χ1v) is 14.4. The van der Waals surface area contributed by atoms with Crippen LogP contribution >= 0.6 is 11.6 Å². The maximum Gasteiger partial charge on any atom is 0.224 e. The first kappa shape index (κ1) is 21.5. The van der Waals surface area contributed by atoms with Gasteiger partial charge < -0.3 is 10.1 Å². The number of anilines is 2. The molecule has 0 spiro atoms. The predicted octanol–water partition coefficient (Wildman–Crippen LogP) is 6.20. The lowest BCUT2D eigenvalue weighted by Gasteiger charge is -2.15. The number of nitrogens with zero attached hydrogens (tertiary/aromatic N) is 4. The molecule has 0 atom stereocenters. The molecule has 1 N–H and O–H groups in total. The minimum absolute atomic E-state index is 0.220. The lowest BCUT2D eigenvalue weighted by molar-refractivity contribution is 0.0786. The topological polar surface area (TPSA) is 64.9 Å². The predicted molar refractivity (Wildman–Crippen MR) is 130 cm³/mol. The number of para-hydroxylation sites is 1. The minimum atomic E-state index is -1.07. The van der Waals surface area contributed by atoms with E-state index in [0.29, 0.717) is 12.5 Å². The van der Waals surface area contributed by atoms with Crippen LogP contribution in [-0.4, -0.2) is 34.4 Å². The average Bonchev–Trinajstić information content (AvgIpc) is 3.20. The molecule has 2 aromatic carbocycles. The van der Waals surface area contributed by atoms with Crippen molar-refractivity contribution in [2.45, 2.75) is 32.4 Å². The van der Waals surface area contributed by atoms with Crippen molar-refractivity contribution in [3.05, 3.63) is 66.2 Å². The summed E-state index contributed by atoms with van der Waals surface area (Å²) < 4.78 is 7.61. The van der Waals surface area contributed by atoms with E-state index in [1.165, 1.54) is 0 Å². The van der Waals surface area contributed by atoms with Gasteiger partial charge in [-0.05, 0) is 47.5 Å². The molecule has 4 aromatic rings. The largest absolute Gasteiger partial charge is 0.360 e. The van der Waals surface area contributed by atoms with Crippen LogP contribution in [-0.2, 0) is 11.5 Å². The Labute approximate surface area is 188 Å². The standard InChI is InChI=1S/C23H26ClN5OSi/c1-31(2,3)13-12-30-16-29-15-18(14-25-29)17-8-10-19(11-9-17)26-22-20-6-4-5-7-21(20)27-23(24)28-22/h4-11,14-15H,12-13,16H2,1-3H3,(H,26,27,28). The summed E-state index contributed by atoms with van der Waals surface area (Å²) in [7, 11) is -1.07. The fourth-order valence-corrected chi connectivity index (χ4v) is 4.08. The van der Waals surface area contributed by atoms with Gasteiger partial charge >= 0.3 is 0 Å². The number of hydrogen-bond donors (Lipinski definition) is 1. The lowest BCUT2D eigenvalue weighted by Crippen LogP contribution is -2.22. The van der Waals surface area contributed by atoms with Gasteiger partial charge in [0.05, 0.1) is 11.7 Å². The summed E-state index contributed by atoms with van der Waals surface area (Å²) in [5.41, 5.74) is 3.87. The quantitative estimate of drug-likeness (QED) is 0.196. The lowest BCUT2D eigenvalue weighted by atomic mass is 10.1. The zero-order chi connectivity index (χ0) is 21.8. The van der Waals surface area contributed by atoms with Gasteiger partial charge in [0.25, 0.3) is 0 Å². The second-order valence-electron chi connectivity index (χ2n) is 8.68. The molecule has 0 fully saturated rings. The molecule has 0 saturated heterocycles. The molecule has 4 rings (SSSR count). The van der Waals surface area contributed by atoms with Crippen molar-refractivity contribution >= 4 is 42.1 Å². The van der Waals surface area contributed by atoms with Crippen LogP contribution in [0.15, 0.2) is 60.9 Å². The van der Waals surface area contributed by atoms with Crippen LogP contribution in [0.5, 0.6) is 0 Å². The molecule has 0 aliphatic carbocycles. The first-order chi connectivity index (χ1) is 14.9. The zero-order valence-electron chi connectivity index (χ0n) is 18.0. The third kappa shape index (κ3) is 5.69. The Kier molecular flexibility index (Phi) is 6.36. The third-order valence-corrected chi connectivity index (χ3v) is 6.78. The summed E-state index contributed by atoms with van der Waals surface area (Å²) in [5, 5.41) is 8.90. The summed E-state index contributed by atoms with van der Waals surface area (Å²) in [6, 6.07) is 17.1. The normalized spacial score (nSPS) is 11.7. The molecule has 0 aliphatic heterocycles. The van der Waals surface area contributed by atoms with Gasteiger partial charge in [-0.2, -0.15) is 10.1 Å². The van der Waals surface area contributed by atoms with Gasteiger partial charge in [-0.1, -0.05) is 43.9 Å². The summed E-state index contributed by atoms with van der Waals surface area (Å²) in [6.45, 7) is 8.31. The second-order valence-corrected chi connectivity index (χ2v) is 14.6. The second kappa shape index (κ2) is 9.17. The van der Waals surface area contributed by atoms with Crippen LogP contribution in [0, 0.1) is 0 Å². The summed E-state index contributed by atoms with van der Waals surface area (Å²) in [6.07, 6.45) is 3.87. The highest BCUT2D eigenvalue weighted by Gasteiger charge is 2.12. The molecule has 0 amide bonds. The van der Waals surface area contributed by atoms with E-state index in [1.807, 2.05) is 53.5 Å². The molecule has 0 bridgehead atoms. The Morgan fingerprint density at radius 1 is 1.00 bits per heavy atom. The van der Waals surface area contributed by atoms with Gasteiger partial charge in [0.1, 0.15) is 12.5 Å². The van der Waals surface area contributed by atoms with Crippen LogP contribution in [0.2, 0.25) is 31.0 Å². The molecule has 8 heteroatoms. The number of fused-ring (bicyclic) bond motifs is 1. The van der Waals surface area contributed by atoms with Crippen LogP contribution in [0.4, 0.5) is 11.5 Å². The van der Waals surface area contributed by atoms with Gasteiger partial charge in [-0.3, -0.25) is 0 Å². The Morgan fingerprint density at radius 3 is 2.55 bits per heavy atom. The highest BCUT2D eigenvalue weighted by atomic mass is 35.5. The van der Waals surface area contributed by atoms with E-state index in [9.17, 15) is 0 Å². The summed E-state index contributed by atoms with van der Waals surface area (Å²) in [4.78, 5) is 8.62. The number of hydrogen-bond acceptors (Lipinski definition) is 5. The molecule has 0 unspecified atom stereocenters. The van der Waals surface area contributed by atoms with Crippen molar-refractivity contribution in [2.75, 3.05) is 11.9 Å². The van der Waals surface area contributed by atoms with Crippen molar-refractivity contribution in [3.63, 3.8) is 0 Å². The molecule has 0 saturated carbocycles. The number of aromatic nitrogens is 4. The van der Waals surface area contributed by atoms with E-state index in [1.54, 1.807) is 0 Å². The molecule has 2 heterocycles. The Bertz CT molecular complexity index is 1170. The summed E-state index contributed by atoms with van der Waals surface area (Å²) >= 11 is 6.09. The Hall–Kier alpha value is -2.74. The number of ether oxygens (including phenoxy) is 1.